The predicted molar refractivity (Wildman–Crippen MR) is 125 cm³/mol. The van der Waals surface area contributed by atoms with Gasteiger partial charge in [0.25, 0.3) is 0 Å². The topological polar surface area (TPSA) is 88.5 Å². The number of hydrogen-bond acceptors (Lipinski definition) is 5. The SMILES string of the molecule is CCCCCOc1cc(N2CC(C(=O)O)CN(Cc3cc(F)ccc3OC)C2=O)ccc1OC. The highest BCUT2D eigenvalue weighted by atomic mass is 19.1. The first kappa shape index (κ1) is 25.1. The van der Waals surface area contributed by atoms with Crippen LogP contribution in [0, 0.1) is 11.7 Å². The third-order valence-electron chi connectivity index (χ3n) is 5.76. The molecule has 1 heterocycles. The zero-order valence-corrected chi connectivity index (χ0v) is 19.8. The number of ether oxygens (including phenoxy) is 3. The van der Waals surface area contributed by atoms with E-state index in [4.69, 9.17) is 14.2 Å². The van der Waals surface area contributed by atoms with Crippen LogP contribution in [0.3, 0.4) is 0 Å². The van der Waals surface area contributed by atoms with Gasteiger partial charge in [0.1, 0.15) is 11.6 Å². The lowest BCUT2D eigenvalue weighted by molar-refractivity contribution is -0.142. The average molecular weight is 475 g/mol. The monoisotopic (exact) mass is 474 g/mol. The molecule has 0 aliphatic carbocycles. The number of benzene rings is 2. The molecule has 1 aliphatic rings. The van der Waals surface area contributed by atoms with E-state index in [9.17, 15) is 19.1 Å². The summed E-state index contributed by atoms with van der Waals surface area (Å²) < 4.78 is 30.4. The third-order valence-corrected chi connectivity index (χ3v) is 5.76. The largest absolute Gasteiger partial charge is 0.496 e. The van der Waals surface area contributed by atoms with Gasteiger partial charge < -0.3 is 24.2 Å². The van der Waals surface area contributed by atoms with E-state index in [1.54, 1.807) is 18.2 Å². The maximum Gasteiger partial charge on any atom is 0.324 e. The number of halogens is 1. The fourth-order valence-electron chi connectivity index (χ4n) is 3.93. The van der Waals surface area contributed by atoms with Crippen LogP contribution in [-0.2, 0) is 11.3 Å². The summed E-state index contributed by atoms with van der Waals surface area (Å²) >= 11 is 0. The van der Waals surface area contributed by atoms with E-state index in [2.05, 4.69) is 6.92 Å². The number of amides is 2. The molecule has 0 saturated carbocycles. The van der Waals surface area contributed by atoms with Crippen LogP contribution in [0.25, 0.3) is 0 Å². The summed E-state index contributed by atoms with van der Waals surface area (Å²) in [6, 6.07) is 8.74. The van der Waals surface area contributed by atoms with Crippen molar-refractivity contribution in [2.24, 2.45) is 5.92 Å². The van der Waals surface area contributed by atoms with Crippen LogP contribution < -0.4 is 19.1 Å². The van der Waals surface area contributed by atoms with Crippen LogP contribution >= 0.6 is 0 Å². The van der Waals surface area contributed by atoms with Crippen molar-refractivity contribution >= 4 is 17.7 Å². The fourth-order valence-corrected chi connectivity index (χ4v) is 3.93. The fraction of sp³-hybridized carbons (Fsp3) is 0.440. The smallest absolute Gasteiger partial charge is 0.324 e. The van der Waals surface area contributed by atoms with E-state index in [0.717, 1.165) is 19.3 Å². The summed E-state index contributed by atoms with van der Waals surface area (Å²) in [5.41, 5.74) is 0.954. The second-order valence-corrected chi connectivity index (χ2v) is 8.16. The first-order valence-electron chi connectivity index (χ1n) is 11.3. The Labute approximate surface area is 198 Å². The number of rotatable bonds is 11. The zero-order valence-electron chi connectivity index (χ0n) is 19.8. The predicted octanol–water partition coefficient (Wildman–Crippen LogP) is 4.55. The van der Waals surface area contributed by atoms with E-state index in [-0.39, 0.29) is 25.7 Å². The molecular formula is C25H31FN2O6. The van der Waals surface area contributed by atoms with Crippen molar-refractivity contribution in [3.8, 4) is 17.2 Å². The number of carboxylic acids is 1. The van der Waals surface area contributed by atoms with Gasteiger partial charge >= 0.3 is 12.0 Å². The van der Waals surface area contributed by atoms with E-state index >= 15 is 0 Å². The Balaban J connectivity index is 1.89. The molecule has 0 bridgehead atoms. The molecule has 9 heteroatoms. The average Bonchev–Trinajstić information content (AvgIpc) is 2.83. The second kappa shape index (κ2) is 11.6. The molecule has 8 nitrogen and oxygen atoms in total. The Morgan fingerprint density at radius 2 is 1.79 bits per heavy atom. The third kappa shape index (κ3) is 5.89. The van der Waals surface area contributed by atoms with Crippen LogP contribution in [-0.4, -0.2) is 55.9 Å². The number of carbonyl (C=O) groups is 2. The summed E-state index contributed by atoms with van der Waals surface area (Å²) in [7, 11) is 3.00. The highest BCUT2D eigenvalue weighted by Crippen LogP contribution is 2.34. The Morgan fingerprint density at radius 3 is 2.47 bits per heavy atom. The van der Waals surface area contributed by atoms with Gasteiger partial charge in [0, 0.05) is 30.4 Å². The van der Waals surface area contributed by atoms with Crippen molar-refractivity contribution in [3.63, 3.8) is 0 Å². The van der Waals surface area contributed by atoms with Crippen molar-refractivity contribution in [3.05, 3.63) is 47.8 Å². The number of carboxylic acid groups (broad SMARTS) is 1. The van der Waals surface area contributed by atoms with Gasteiger partial charge in [-0.2, -0.15) is 0 Å². The quantitative estimate of drug-likeness (QED) is 0.481. The number of unbranched alkanes of at least 4 members (excludes halogenated alkanes) is 2. The van der Waals surface area contributed by atoms with Crippen LogP contribution in [0.2, 0.25) is 0 Å². The van der Waals surface area contributed by atoms with Gasteiger partial charge in [0.15, 0.2) is 11.5 Å². The molecule has 184 valence electrons. The molecule has 2 amide bonds. The normalized spacial score (nSPS) is 15.9. The van der Waals surface area contributed by atoms with E-state index in [1.165, 1.54) is 42.2 Å². The van der Waals surface area contributed by atoms with Gasteiger partial charge in [-0.1, -0.05) is 19.8 Å². The molecule has 1 N–H and O–H groups in total. The van der Waals surface area contributed by atoms with Crippen molar-refractivity contribution in [1.29, 1.82) is 0 Å². The molecule has 0 aromatic heterocycles. The molecule has 0 radical (unpaired) electrons. The number of methoxy groups -OCH3 is 2. The lowest BCUT2D eigenvalue weighted by atomic mass is 10.0. The van der Waals surface area contributed by atoms with Gasteiger partial charge in [-0.15, -0.1) is 0 Å². The molecule has 1 saturated heterocycles. The molecule has 1 fully saturated rings. The summed E-state index contributed by atoms with van der Waals surface area (Å²) in [6.07, 6.45) is 2.98. The van der Waals surface area contributed by atoms with Crippen LogP contribution in [0.4, 0.5) is 14.9 Å². The van der Waals surface area contributed by atoms with Gasteiger partial charge in [0.05, 0.1) is 33.3 Å². The minimum Gasteiger partial charge on any atom is -0.496 e. The number of carbonyl (C=O) groups excluding carboxylic acids is 1. The minimum absolute atomic E-state index is 0.000857. The van der Waals surface area contributed by atoms with Gasteiger partial charge in [-0.25, -0.2) is 9.18 Å². The Bertz CT molecular complexity index is 1010. The minimum atomic E-state index is -1.02. The number of aliphatic carboxylic acids is 1. The molecule has 1 unspecified atom stereocenters. The molecular weight excluding hydrogens is 443 g/mol. The van der Waals surface area contributed by atoms with Gasteiger partial charge in [-0.3, -0.25) is 9.69 Å². The first-order chi connectivity index (χ1) is 16.4. The first-order valence-corrected chi connectivity index (χ1v) is 11.3. The molecule has 1 aliphatic heterocycles. The van der Waals surface area contributed by atoms with Crippen LogP contribution in [0.15, 0.2) is 36.4 Å². The standard InChI is InChI=1S/C25H31FN2O6/c1-4-5-6-11-34-23-13-20(8-10-22(23)33-3)28-16-18(24(29)30)15-27(25(28)31)14-17-12-19(26)7-9-21(17)32-2/h7-10,12-13,18H,4-6,11,14-16H2,1-3H3,(H,29,30). The molecule has 34 heavy (non-hydrogen) atoms. The van der Waals surface area contributed by atoms with Crippen molar-refractivity contribution < 1.29 is 33.3 Å². The maximum absolute atomic E-state index is 13.9. The van der Waals surface area contributed by atoms with E-state index in [1.807, 2.05) is 0 Å². The zero-order chi connectivity index (χ0) is 24.7. The molecule has 1 atom stereocenters. The number of hydrogen-bond donors (Lipinski definition) is 1. The van der Waals surface area contributed by atoms with Crippen molar-refractivity contribution in [2.45, 2.75) is 32.7 Å². The molecule has 3 rings (SSSR count). The number of anilines is 1. The highest BCUT2D eigenvalue weighted by molar-refractivity contribution is 5.94. The van der Waals surface area contributed by atoms with Crippen LogP contribution in [0.1, 0.15) is 31.7 Å². The summed E-state index contributed by atoms with van der Waals surface area (Å²) in [5.74, 6) is -0.871. The highest BCUT2D eigenvalue weighted by Gasteiger charge is 2.37. The summed E-state index contributed by atoms with van der Waals surface area (Å²) in [4.78, 5) is 28.1. The van der Waals surface area contributed by atoms with Crippen molar-refractivity contribution in [1.82, 2.24) is 4.90 Å². The van der Waals surface area contributed by atoms with E-state index < -0.39 is 17.7 Å². The molecule has 0 spiro atoms. The van der Waals surface area contributed by atoms with Crippen molar-refractivity contribution in [2.75, 3.05) is 38.8 Å². The lowest BCUT2D eigenvalue weighted by Crippen LogP contribution is -2.55. The maximum atomic E-state index is 13.9. The summed E-state index contributed by atoms with van der Waals surface area (Å²) in [6.45, 7) is 2.63. The van der Waals surface area contributed by atoms with E-state index in [0.29, 0.717) is 35.1 Å². The van der Waals surface area contributed by atoms with Crippen LogP contribution in [0.5, 0.6) is 17.2 Å². The lowest BCUT2D eigenvalue weighted by Gasteiger charge is -2.39. The Hall–Kier alpha value is -3.49. The Morgan fingerprint density at radius 1 is 1.06 bits per heavy atom. The number of urea groups is 1. The number of nitrogens with zero attached hydrogens (tertiary/aromatic N) is 2. The Kier molecular flexibility index (Phi) is 8.56. The van der Waals surface area contributed by atoms with Gasteiger partial charge in [0.2, 0.25) is 0 Å². The second-order valence-electron chi connectivity index (χ2n) is 8.16. The molecule has 2 aromatic rings. The van der Waals surface area contributed by atoms with Gasteiger partial charge in [-0.05, 0) is 36.8 Å². The molecule has 2 aromatic carbocycles. The summed E-state index contributed by atoms with van der Waals surface area (Å²) in [5, 5.41) is 9.73.